The zero-order chi connectivity index (χ0) is 17.2. The Hall–Kier alpha value is -2.11. The summed E-state index contributed by atoms with van der Waals surface area (Å²) in [6.45, 7) is 0. The molecule has 0 aliphatic carbocycles. The molecule has 0 aliphatic rings. The van der Waals surface area contributed by atoms with Gasteiger partial charge in [0.15, 0.2) is 0 Å². The molecule has 4 rings (SSSR count). The van der Waals surface area contributed by atoms with Crippen molar-refractivity contribution in [2.24, 2.45) is 7.05 Å². The Kier molecular flexibility index (Phi) is 5.79. The Balaban J connectivity index is 0.00000196. The number of halogens is 2. The lowest BCUT2D eigenvalue weighted by Crippen LogP contribution is -3.00. The van der Waals surface area contributed by atoms with Crippen LogP contribution in [0.1, 0.15) is 11.5 Å². The van der Waals surface area contributed by atoms with Gasteiger partial charge >= 0.3 is 0 Å². The molecule has 4 heteroatoms. The van der Waals surface area contributed by atoms with Gasteiger partial charge in [0.25, 0.3) is 0 Å². The second kappa shape index (κ2) is 8.06. The van der Waals surface area contributed by atoms with Gasteiger partial charge in [0, 0.05) is 34.2 Å². The number of furan rings is 1. The van der Waals surface area contributed by atoms with Crippen molar-refractivity contribution in [1.29, 1.82) is 0 Å². The van der Waals surface area contributed by atoms with Crippen molar-refractivity contribution in [2.45, 2.75) is 0 Å². The lowest BCUT2D eigenvalue weighted by atomic mass is 10.2. The Morgan fingerprint density at radius 2 is 1.62 bits per heavy atom. The third-order valence-electron chi connectivity index (χ3n) is 4.29. The summed E-state index contributed by atoms with van der Waals surface area (Å²) in [6.07, 6.45) is 4.06. The summed E-state index contributed by atoms with van der Waals surface area (Å²) in [7, 11) is 2.07. The van der Waals surface area contributed by atoms with E-state index in [1.807, 2.05) is 42.5 Å². The number of aromatic nitrogens is 1. The Bertz CT molecular complexity index is 1070. The van der Waals surface area contributed by atoms with Gasteiger partial charge in [0.05, 0.1) is 0 Å². The molecule has 0 amide bonds. The summed E-state index contributed by atoms with van der Waals surface area (Å²) in [5, 5.41) is 1.95. The van der Waals surface area contributed by atoms with Gasteiger partial charge in [-0.2, -0.15) is 4.57 Å². The average molecular weight is 474 g/mol. The third-order valence-corrected chi connectivity index (χ3v) is 4.54. The fourth-order valence-corrected chi connectivity index (χ4v) is 3.03. The van der Waals surface area contributed by atoms with Gasteiger partial charge in [-0.05, 0) is 54.6 Å². The van der Waals surface area contributed by atoms with Gasteiger partial charge in [-0.1, -0.05) is 23.7 Å². The second-order valence-corrected chi connectivity index (χ2v) is 6.35. The summed E-state index contributed by atoms with van der Waals surface area (Å²) in [4.78, 5) is 0. The molecule has 0 spiro atoms. The highest BCUT2D eigenvalue weighted by Crippen LogP contribution is 2.24. The molecule has 0 bridgehead atoms. The molecule has 2 aromatic heterocycles. The quantitative estimate of drug-likeness (QED) is 0.330. The molecule has 0 saturated carbocycles. The number of para-hydroxylation sites is 1. The molecule has 130 valence electrons. The molecule has 2 heterocycles. The van der Waals surface area contributed by atoms with E-state index in [2.05, 4.69) is 54.1 Å². The van der Waals surface area contributed by atoms with E-state index in [-0.39, 0.29) is 24.0 Å². The van der Waals surface area contributed by atoms with Crippen LogP contribution in [0.5, 0.6) is 0 Å². The largest absolute Gasteiger partial charge is 1.00 e. The maximum absolute atomic E-state index is 5.93. The highest BCUT2D eigenvalue weighted by molar-refractivity contribution is 6.30. The number of hydrogen-bond acceptors (Lipinski definition) is 1. The minimum atomic E-state index is 0. The Labute approximate surface area is 174 Å². The van der Waals surface area contributed by atoms with E-state index in [0.29, 0.717) is 0 Å². The highest BCUT2D eigenvalue weighted by atomic mass is 127. The minimum Gasteiger partial charge on any atom is -1.00 e. The summed E-state index contributed by atoms with van der Waals surface area (Å²) in [6, 6.07) is 24.2. The van der Waals surface area contributed by atoms with Gasteiger partial charge in [-0.3, -0.25) is 0 Å². The summed E-state index contributed by atoms with van der Waals surface area (Å²) in [5.74, 6) is 1.65. The fourth-order valence-electron chi connectivity index (χ4n) is 2.91. The van der Waals surface area contributed by atoms with E-state index in [4.69, 9.17) is 16.0 Å². The predicted octanol–water partition coefficient (Wildman–Crippen LogP) is 2.75. The monoisotopic (exact) mass is 473 g/mol. The lowest BCUT2D eigenvalue weighted by molar-refractivity contribution is -0.646. The van der Waals surface area contributed by atoms with Crippen molar-refractivity contribution < 1.29 is 33.0 Å². The smallest absolute Gasteiger partial charge is 0.212 e. The molecular weight excluding hydrogens is 457 g/mol. The van der Waals surface area contributed by atoms with Gasteiger partial charge < -0.3 is 28.4 Å². The van der Waals surface area contributed by atoms with Gasteiger partial charge in [-0.15, -0.1) is 0 Å². The second-order valence-electron chi connectivity index (χ2n) is 5.92. The summed E-state index contributed by atoms with van der Waals surface area (Å²) in [5.41, 5.74) is 3.33. The number of nitrogens with zero attached hydrogens (tertiary/aromatic N) is 1. The molecule has 2 aromatic carbocycles. The topological polar surface area (TPSA) is 17.0 Å². The molecule has 4 aromatic rings. The van der Waals surface area contributed by atoms with E-state index in [9.17, 15) is 0 Å². The summed E-state index contributed by atoms with van der Waals surface area (Å²) < 4.78 is 8.09. The van der Waals surface area contributed by atoms with E-state index in [0.717, 1.165) is 27.8 Å². The third kappa shape index (κ3) is 3.84. The van der Waals surface area contributed by atoms with E-state index < -0.39 is 0 Å². The van der Waals surface area contributed by atoms with Crippen molar-refractivity contribution in [2.75, 3.05) is 0 Å². The molecule has 0 aliphatic heterocycles. The standard InChI is InChI=1S/C22H17ClNO.HI/c1-24-19(11-8-16-4-2-3-5-21(16)24)12-13-20-14-15-22(25-20)17-6-9-18(23)10-7-17;/h2-15H,1H3;1H/q+1;/p-1/b13-12+;. The molecule has 0 atom stereocenters. The molecule has 0 N–H and O–H groups in total. The Morgan fingerprint density at radius 1 is 0.846 bits per heavy atom. The molecular formula is C22H17ClINO. The van der Waals surface area contributed by atoms with Crippen molar-refractivity contribution >= 4 is 34.7 Å². The predicted molar refractivity (Wildman–Crippen MR) is 103 cm³/mol. The molecule has 0 saturated heterocycles. The first-order chi connectivity index (χ1) is 12.2. The van der Waals surface area contributed by atoms with Crippen LogP contribution in [0, 0.1) is 0 Å². The average Bonchev–Trinajstić information content (AvgIpc) is 3.11. The van der Waals surface area contributed by atoms with E-state index in [1.54, 1.807) is 0 Å². The molecule has 0 unspecified atom stereocenters. The van der Waals surface area contributed by atoms with Crippen molar-refractivity contribution in [1.82, 2.24) is 0 Å². The van der Waals surface area contributed by atoms with Gasteiger partial charge in [0.1, 0.15) is 18.6 Å². The zero-order valence-electron chi connectivity index (χ0n) is 14.2. The SMILES string of the molecule is C[n+]1c(/C=C/c2ccc(-c3ccc(Cl)cc3)o2)ccc2ccccc21.[I-]. The van der Waals surface area contributed by atoms with Crippen LogP contribution in [0.4, 0.5) is 0 Å². The van der Waals surface area contributed by atoms with Crippen LogP contribution in [0.25, 0.3) is 34.4 Å². The Morgan fingerprint density at radius 3 is 2.42 bits per heavy atom. The maximum atomic E-state index is 5.93. The number of aryl methyl sites for hydroxylation is 1. The van der Waals surface area contributed by atoms with Gasteiger partial charge in [0.2, 0.25) is 11.2 Å². The highest BCUT2D eigenvalue weighted by Gasteiger charge is 2.09. The first kappa shape index (κ1) is 18.7. The number of hydrogen-bond donors (Lipinski definition) is 0. The number of rotatable bonds is 3. The zero-order valence-corrected chi connectivity index (χ0v) is 17.1. The van der Waals surface area contributed by atoms with Gasteiger partial charge in [-0.25, -0.2) is 0 Å². The van der Waals surface area contributed by atoms with Crippen LogP contribution in [-0.4, -0.2) is 0 Å². The number of fused-ring (bicyclic) bond motifs is 1. The summed E-state index contributed by atoms with van der Waals surface area (Å²) >= 11 is 5.93. The van der Waals surface area contributed by atoms with Crippen molar-refractivity contribution in [3.8, 4) is 11.3 Å². The van der Waals surface area contributed by atoms with Crippen LogP contribution in [-0.2, 0) is 7.05 Å². The first-order valence-electron chi connectivity index (χ1n) is 8.12. The fraction of sp³-hybridized carbons (Fsp3) is 0.0455. The maximum Gasteiger partial charge on any atom is 0.212 e. The van der Waals surface area contributed by atoms with Crippen molar-refractivity contribution in [3.05, 3.63) is 89.3 Å². The molecule has 2 nitrogen and oxygen atoms in total. The first-order valence-corrected chi connectivity index (χ1v) is 8.50. The molecule has 0 fully saturated rings. The van der Waals surface area contributed by atoms with E-state index >= 15 is 0 Å². The molecule has 26 heavy (non-hydrogen) atoms. The number of pyridine rings is 1. The van der Waals surface area contributed by atoms with Crippen LogP contribution in [0.15, 0.2) is 77.2 Å². The van der Waals surface area contributed by atoms with Crippen molar-refractivity contribution in [3.63, 3.8) is 0 Å². The normalized spacial score (nSPS) is 11.0. The van der Waals surface area contributed by atoms with Crippen LogP contribution in [0.3, 0.4) is 0 Å². The lowest BCUT2D eigenvalue weighted by Gasteiger charge is -1.99. The molecule has 0 radical (unpaired) electrons. The van der Waals surface area contributed by atoms with Crippen LogP contribution < -0.4 is 28.5 Å². The minimum absolute atomic E-state index is 0. The van der Waals surface area contributed by atoms with E-state index in [1.165, 1.54) is 10.9 Å². The number of benzene rings is 2. The van der Waals surface area contributed by atoms with Crippen LogP contribution in [0.2, 0.25) is 5.02 Å². The van der Waals surface area contributed by atoms with Crippen LogP contribution >= 0.6 is 11.6 Å².